The highest BCUT2D eigenvalue weighted by atomic mass is 28.4. The smallest absolute Gasteiger partial charge is 0.315 e. The van der Waals surface area contributed by atoms with Crippen LogP contribution < -0.4 is 5.32 Å². The SMILES string of the molecule is CC(=O)N[C@H](C)c1ccc2ccc(/C=C/C3(C(=O)O[Si](C)(C)C(C)(C)C)CCC(C)(O[Si](C)(C)C(C)(C)C)CC3)cc2n1.CCOC(=O)C1(/C=C/c2ccc3ccc(C(C)C)nc3c2)CCC(C)(O)CC1. The molecule has 2 aromatic heterocycles. The van der Waals surface area contributed by atoms with E-state index in [0.29, 0.717) is 51.0 Å². The first-order valence-corrected chi connectivity index (χ1v) is 31.9. The maximum Gasteiger partial charge on any atom is 0.315 e. The summed E-state index contributed by atoms with van der Waals surface area (Å²) in [6.45, 7) is 36.2. The second kappa shape index (κ2) is 21.9. The van der Waals surface area contributed by atoms with Gasteiger partial charge in [0.1, 0.15) is 0 Å². The van der Waals surface area contributed by atoms with E-state index in [1.165, 1.54) is 6.92 Å². The summed E-state index contributed by atoms with van der Waals surface area (Å²) in [5.74, 6) is 0.00257. The lowest BCUT2D eigenvalue weighted by molar-refractivity contribution is -0.156. The van der Waals surface area contributed by atoms with Crippen LogP contribution in [0.3, 0.4) is 0 Å². The van der Waals surface area contributed by atoms with Gasteiger partial charge in [0.2, 0.25) is 5.91 Å². The molecule has 71 heavy (non-hydrogen) atoms. The monoisotopic (exact) mass is 1010 g/mol. The number of carbonyl (C=O) groups excluding carboxylic acids is 3. The van der Waals surface area contributed by atoms with Gasteiger partial charge in [0.05, 0.1) is 51.4 Å². The highest BCUT2D eigenvalue weighted by Gasteiger charge is 2.51. The lowest BCUT2D eigenvalue weighted by Gasteiger charge is -2.49. The lowest BCUT2D eigenvalue weighted by atomic mass is 9.69. The lowest BCUT2D eigenvalue weighted by Crippen LogP contribution is -2.53. The van der Waals surface area contributed by atoms with E-state index in [4.69, 9.17) is 23.6 Å². The van der Waals surface area contributed by atoms with Crippen LogP contribution in [0.2, 0.25) is 36.3 Å². The van der Waals surface area contributed by atoms with Crippen molar-refractivity contribution in [1.29, 1.82) is 0 Å². The van der Waals surface area contributed by atoms with Crippen LogP contribution >= 0.6 is 0 Å². The Morgan fingerprint density at radius 2 is 1.11 bits per heavy atom. The number of aliphatic hydroxyl groups is 1. The minimum Gasteiger partial charge on any atom is -0.518 e. The van der Waals surface area contributed by atoms with Crippen molar-refractivity contribution in [3.05, 3.63) is 95.3 Å². The second-order valence-electron chi connectivity index (χ2n) is 24.6. The molecule has 0 radical (unpaired) electrons. The number of aromatic nitrogens is 2. The molecule has 0 bridgehead atoms. The van der Waals surface area contributed by atoms with E-state index in [2.05, 4.69) is 148 Å². The molecule has 388 valence electrons. The quantitative estimate of drug-likeness (QED) is 0.0990. The van der Waals surface area contributed by atoms with Crippen LogP contribution in [0.5, 0.6) is 0 Å². The zero-order valence-electron chi connectivity index (χ0n) is 46.4. The second-order valence-corrected chi connectivity index (χ2v) is 34.1. The number of carbonyl (C=O) groups is 3. The maximum absolute atomic E-state index is 14.2. The molecule has 12 heteroatoms. The molecule has 2 aromatic carbocycles. The molecule has 2 heterocycles. The van der Waals surface area contributed by atoms with Crippen LogP contribution in [0.1, 0.15) is 176 Å². The molecule has 2 aliphatic rings. The summed E-state index contributed by atoms with van der Waals surface area (Å²) in [6, 6.07) is 20.3. The third-order valence-electron chi connectivity index (χ3n) is 16.1. The topological polar surface area (TPSA) is 137 Å². The first-order chi connectivity index (χ1) is 32.7. The van der Waals surface area contributed by atoms with Crippen molar-refractivity contribution in [2.24, 2.45) is 10.8 Å². The third-order valence-corrected chi connectivity index (χ3v) is 25.0. The van der Waals surface area contributed by atoms with Crippen molar-refractivity contribution >= 4 is 68.4 Å². The summed E-state index contributed by atoms with van der Waals surface area (Å²) >= 11 is 0. The summed E-state index contributed by atoms with van der Waals surface area (Å²) < 4.78 is 18.8. The van der Waals surface area contributed by atoms with E-state index in [1.807, 2.05) is 51.1 Å². The van der Waals surface area contributed by atoms with Gasteiger partial charge < -0.3 is 24.0 Å². The molecular weight excluding hydrogens is 919 g/mol. The highest BCUT2D eigenvalue weighted by molar-refractivity contribution is 6.75. The third kappa shape index (κ3) is 14.4. The molecule has 0 aliphatic heterocycles. The maximum atomic E-state index is 14.2. The summed E-state index contributed by atoms with van der Waals surface area (Å²) in [4.78, 5) is 48.1. The van der Waals surface area contributed by atoms with Crippen LogP contribution in [-0.2, 0) is 28.0 Å². The molecule has 2 saturated carbocycles. The summed E-state index contributed by atoms with van der Waals surface area (Å²) in [5, 5.41) is 15.4. The Balaban J connectivity index is 0.000000288. The van der Waals surface area contributed by atoms with Gasteiger partial charge in [-0.3, -0.25) is 24.4 Å². The normalized spacial score (nSPS) is 23.9. The Morgan fingerprint density at radius 1 is 0.676 bits per heavy atom. The zero-order valence-corrected chi connectivity index (χ0v) is 48.4. The summed E-state index contributed by atoms with van der Waals surface area (Å²) in [6.07, 6.45) is 13.5. The molecular formula is C59H87N3O7Si2. The van der Waals surface area contributed by atoms with Crippen molar-refractivity contribution in [3.63, 3.8) is 0 Å². The van der Waals surface area contributed by atoms with Gasteiger partial charge in [-0.05, 0) is 157 Å². The minimum absolute atomic E-state index is 0.0711. The van der Waals surface area contributed by atoms with E-state index < -0.39 is 33.1 Å². The van der Waals surface area contributed by atoms with Gasteiger partial charge in [-0.15, -0.1) is 0 Å². The van der Waals surface area contributed by atoms with Gasteiger partial charge in [-0.25, -0.2) is 0 Å². The number of rotatable bonds is 13. The molecule has 10 nitrogen and oxygen atoms in total. The number of hydrogen-bond acceptors (Lipinski definition) is 9. The zero-order chi connectivity index (χ0) is 53.0. The number of pyridine rings is 2. The standard InChI is InChI=1S/C35H56N2O4Si2.C24H31NO3/c1-25(36-26(2)38)29-17-16-28-15-14-27(24-30(28)37-29)18-19-35(31(39)40-42(10,11)32(3,4)5)22-20-34(9,21-23-35)41-43(12,13)33(6,7)8;1-5-28-22(26)24(14-12-23(4,27)13-15-24)11-10-18-6-7-19-8-9-20(17(2)3)25-21(19)16-18/h14-19,24-25H,20-23H2,1-13H3,(H,36,38);6-11,16-17,27H,5,12-15H2,1-4H3/b19-18+;11-10+/t25-,34?,35?;/m1./s1. The van der Waals surface area contributed by atoms with Crippen LogP contribution in [0.4, 0.5) is 0 Å². The molecule has 2 fully saturated rings. The fourth-order valence-electron chi connectivity index (χ4n) is 8.93. The molecule has 1 amide bonds. The first-order valence-electron chi connectivity index (χ1n) is 26.0. The van der Waals surface area contributed by atoms with E-state index >= 15 is 0 Å². The van der Waals surface area contributed by atoms with Crippen molar-refractivity contribution in [2.75, 3.05) is 6.61 Å². The van der Waals surface area contributed by atoms with Crippen LogP contribution in [0, 0.1) is 10.8 Å². The van der Waals surface area contributed by atoms with Gasteiger partial charge in [-0.1, -0.05) is 116 Å². The number of esters is 1. The fraction of sp³-hybridized carbons (Fsp3) is 0.576. The predicted octanol–water partition coefficient (Wildman–Crippen LogP) is 14.6. The van der Waals surface area contributed by atoms with Crippen LogP contribution in [0.15, 0.2) is 72.8 Å². The van der Waals surface area contributed by atoms with Gasteiger partial charge >= 0.3 is 11.9 Å². The van der Waals surface area contributed by atoms with Gasteiger partial charge in [0, 0.05) is 23.4 Å². The Morgan fingerprint density at radius 3 is 1.56 bits per heavy atom. The number of hydrogen-bond donors (Lipinski definition) is 2. The van der Waals surface area contributed by atoms with Gasteiger partial charge in [-0.2, -0.15) is 0 Å². The molecule has 0 saturated heterocycles. The number of nitrogens with one attached hydrogen (secondary N) is 1. The average Bonchev–Trinajstić information content (AvgIpc) is 3.27. The Labute approximate surface area is 428 Å². The Hall–Kier alpha value is -4.50. The van der Waals surface area contributed by atoms with E-state index in [-0.39, 0.29) is 39.6 Å². The van der Waals surface area contributed by atoms with Crippen molar-refractivity contribution in [1.82, 2.24) is 15.3 Å². The van der Waals surface area contributed by atoms with Crippen LogP contribution in [-0.4, -0.2) is 67.4 Å². The molecule has 0 spiro atoms. The first kappa shape index (κ1) is 57.4. The number of benzene rings is 2. The van der Waals surface area contributed by atoms with Gasteiger partial charge in [0.25, 0.3) is 8.32 Å². The highest BCUT2D eigenvalue weighted by Crippen LogP contribution is 2.50. The van der Waals surface area contributed by atoms with E-state index in [1.54, 1.807) is 0 Å². The van der Waals surface area contributed by atoms with E-state index in [0.717, 1.165) is 57.2 Å². The summed E-state index contributed by atoms with van der Waals surface area (Å²) in [7, 11) is -4.30. The average molecular weight is 1010 g/mol. The van der Waals surface area contributed by atoms with Gasteiger partial charge in [0.15, 0.2) is 8.32 Å². The number of fused-ring (bicyclic) bond motifs is 2. The fourth-order valence-corrected chi connectivity index (χ4v) is 11.6. The molecule has 4 aromatic rings. The predicted molar refractivity (Wildman–Crippen MR) is 297 cm³/mol. The Bertz CT molecular complexity index is 2580. The van der Waals surface area contributed by atoms with Crippen LogP contribution in [0.25, 0.3) is 34.0 Å². The number of nitrogens with zero attached hydrogens (tertiary/aromatic N) is 2. The molecule has 1 atom stereocenters. The van der Waals surface area contributed by atoms with E-state index in [9.17, 15) is 19.5 Å². The van der Waals surface area contributed by atoms with Crippen molar-refractivity contribution in [2.45, 2.75) is 201 Å². The largest absolute Gasteiger partial charge is 0.518 e. The van der Waals surface area contributed by atoms with Crippen molar-refractivity contribution in [3.8, 4) is 0 Å². The molecule has 0 unspecified atom stereocenters. The Kier molecular flexibility index (Phi) is 17.7. The number of ether oxygens (including phenoxy) is 1. The molecule has 2 aliphatic carbocycles. The molecule has 6 rings (SSSR count). The van der Waals surface area contributed by atoms with Crippen molar-refractivity contribution < 1.29 is 33.1 Å². The molecule has 2 N–H and O–H groups in total. The minimum atomic E-state index is -2.32. The number of amides is 1. The summed E-state index contributed by atoms with van der Waals surface area (Å²) in [5.41, 5.74) is 3.36.